The average molecular weight is 240 g/mol. The van der Waals surface area contributed by atoms with Crippen molar-refractivity contribution in [3.8, 4) is 11.1 Å². The van der Waals surface area contributed by atoms with Crippen molar-refractivity contribution in [3.63, 3.8) is 0 Å². The quantitative estimate of drug-likeness (QED) is 0.695. The molecule has 0 N–H and O–H groups in total. The maximum Gasteiger partial charge on any atom is 0.0722 e. The molecule has 1 nitrogen and oxygen atoms in total. The van der Waals surface area contributed by atoms with Crippen molar-refractivity contribution in [2.45, 2.75) is 26.9 Å². The smallest absolute Gasteiger partial charge is 0.0722 e. The second-order valence-electron chi connectivity index (χ2n) is 4.52. The maximum absolute atomic E-state index is 5.67. The first-order valence-electron chi connectivity index (χ1n) is 6.54. The third-order valence-corrected chi connectivity index (χ3v) is 3.06. The van der Waals surface area contributed by atoms with Gasteiger partial charge in [-0.15, -0.1) is 0 Å². The van der Waals surface area contributed by atoms with Gasteiger partial charge in [0.05, 0.1) is 6.61 Å². The molecule has 0 bridgehead atoms. The van der Waals surface area contributed by atoms with Crippen LogP contribution in [0.3, 0.4) is 0 Å². The summed E-state index contributed by atoms with van der Waals surface area (Å²) >= 11 is 0. The van der Waals surface area contributed by atoms with E-state index in [9.17, 15) is 0 Å². The summed E-state index contributed by atoms with van der Waals surface area (Å²) in [5.41, 5.74) is 5.15. The lowest BCUT2D eigenvalue weighted by molar-refractivity contribution is 0.122. The first-order chi connectivity index (χ1) is 8.83. The lowest BCUT2D eigenvalue weighted by Gasteiger charge is -2.12. The summed E-state index contributed by atoms with van der Waals surface area (Å²) < 4.78 is 5.67. The molecule has 0 amide bonds. The van der Waals surface area contributed by atoms with E-state index in [4.69, 9.17) is 4.74 Å². The molecule has 0 aliphatic carbocycles. The molecule has 1 heteroatoms. The van der Waals surface area contributed by atoms with Gasteiger partial charge in [-0.1, -0.05) is 55.5 Å². The summed E-state index contributed by atoms with van der Waals surface area (Å²) in [6.45, 7) is 5.80. The number of benzene rings is 2. The molecule has 2 rings (SSSR count). The minimum absolute atomic E-state index is 0.693. The molecule has 0 saturated heterocycles. The zero-order chi connectivity index (χ0) is 12.8. The van der Waals surface area contributed by atoms with Crippen molar-refractivity contribution in [3.05, 3.63) is 59.7 Å². The van der Waals surface area contributed by atoms with E-state index in [0.717, 1.165) is 13.0 Å². The lowest BCUT2D eigenvalue weighted by Crippen LogP contribution is -1.97. The average Bonchev–Trinajstić information content (AvgIpc) is 2.40. The van der Waals surface area contributed by atoms with Gasteiger partial charge < -0.3 is 4.74 Å². The van der Waals surface area contributed by atoms with Crippen LogP contribution in [0.1, 0.15) is 24.5 Å². The van der Waals surface area contributed by atoms with Gasteiger partial charge in [-0.05, 0) is 35.6 Å². The molecule has 0 aromatic heterocycles. The largest absolute Gasteiger partial charge is 0.377 e. The van der Waals surface area contributed by atoms with Crippen LogP contribution in [0.15, 0.2) is 48.5 Å². The third-order valence-electron chi connectivity index (χ3n) is 3.06. The van der Waals surface area contributed by atoms with Crippen LogP contribution in [-0.2, 0) is 11.3 Å². The molecule has 0 unspecified atom stereocenters. The van der Waals surface area contributed by atoms with Crippen LogP contribution < -0.4 is 0 Å². The monoisotopic (exact) mass is 240 g/mol. The minimum Gasteiger partial charge on any atom is -0.377 e. The summed E-state index contributed by atoms with van der Waals surface area (Å²) in [7, 11) is 0. The highest BCUT2D eigenvalue weighted by molar-refractivity contribution is 5.70. The summed E-state index contributed by atoms with van der Waals surface area (Å²) in [6.07, 6.45) is 1.06. The van der Waals surface area contributed by atoms with Gasteiger partial charge in [0.15, 0.2) is 0 Å². The predicted octanol–water partition coefficient (Wildman–Crippen LogP) is 4.59. The van der Waals surface area contributed by atoms with Gasteiger partial charge in [0, 0.05) is 6.61 Å². The molecule has 0 saturated carbocycles. The van der Waals surface area contributed by atoms with E-state index in [0.29, 0.717) is 6.61 Å². The van der Waals surface area contributed by atoms with Crippen LogP contribution in [0, 0.1) is 6.92 Å². The number of ether oxygens (including phenoxy) is 1. The molecule has 0 spiro atoms. The summed E-state index contributed by atoms with van der Waals surface area (Å²) in [6, 6.07) is 17.0. The SMILES string of the molecule is CCCOCc1ccccc1-c1ccccc1C. The highest BCUT2D eigenvalue weighted by atomic mass is 16.5. The van der Waals surface area contributed by atoms with Crippen molar-refractivity contribution in [1.82, 2.24) is 0 Å². The van der Waals surface area contributed by atoms with Gasteiger partial charge in [0.25, 0.3) is 0 Å². The molecule has 2 aromatic carbocycles. The molecule has 0 fully saturated rings. The zero-order valence-corrected chi connectivity index (χ0v) is 11.1. The van der Waals surface area contributed by atoms with Crippen LogP contribution in [0.2, 0.25) is 0 Å². The van der Waals surface area contributed by atoms with Gasteiger partial charge in [0.2, 0.25) is 0 Å². The molecule has 94 valence electrons. The maximum atomic E-state index is 5.67. The van der Waals surface area contributed by atoms with E-state index in [1.54, 1.807) is 0 Å². The fraction of sp³-hybridized carbons (Fsp3) is 0.294. The third kappa shape index (κ3) is 2.99. The Labute approximate surface area is 109 Å². The van der Waals surface area contributed by atoms with Gasteiger partial charge in [-0.3, -0.25) is 0 Å². The van der Waals surface area contributed by atoms with Gasteiger partial charge >= 0.3 is 0 Å². The van der Waals surface area contributed by atoms with Crippen molar-refractivity contribution in [1.29, 1.82) is 0 Å². The zero-order valence-electron chi connectivity index (χ0n) is 11.1. The Bertz CT molecular complexity index is 502. The first-order valence-corrected chi connectivity index (χ1v) is 6.54. The van der Waals surface area contributed by atoms with Crippen molar-refractivity contribution >= 4 is 0 Å². The van der Waals surface area contributed by atoms with Crippen LogP contribution in [0.25, 0.3) is 11.1 Å². The molecular weight excluding hydrogens is 220 g/mol. The van der Waals surface area contributed by atoms with Crippen molar-refractivity contribution in [2.24, 2.45) is 0 Å². The Morgan fingerprint density at radius 2 is 1.56 bits per heavy atom. The Balaban J connectivity index is 2.30. The predicted molar refractivity (Wildman–Crippen MR) is 76.6 cm³/mol. The standard InChI is InChI=1S/C17H20O/c1-3-12-18-13-15-9-5-7-11-17(15)16-10-6-4-8-14(16)2/h4-11H,3,12-13H2,1-2H3. The van der Waals surface area contributed by atoms with Crippen molar-refractivity contribution < 1.29 is 4.74 Å². The van der Waals surface area contributed by atoms with Crippen LogP contribution in [0.5, 0.6) is 0 Å². The van der Waals surface area contributed by atoms with E-state index in [1.165, 1.54) is 22.3 Å². The van der Waals surface area contributed by atoms with E-state index in [-0.39, 0.29) is 0 Å². The van der Waals surface area contributed by atoms with E-state index in [1.807, 2.05) is 0 Å². The second-order valence-corrected chi connectivity index (χ2v) is 4.52. The summed E-state index contributed by atoms with van der Waals surface area (Å²) in [5, 5.41) is 0. The molecule has 2 aromatic rings. The summed E-state index contributed by atoms with van der Waals surface area (Å²) in [5.74, 6) is 0. The van der Waals surface area contributed by atoms with E-state index in [2.05, 4.69) is 62.4 Å². The molecule has 0 radical (unpaired) electrons. The molecule has 0 aliphatic heterocycles. The molecule has 0 heterocycles. The van der Waals surface area contributed by atoms with E-state index < -0.39 is 0 Å². The fourth-order valence-corrected chi connectivity index (χ4v) is 2.11. The molecule has 0 atom stereocenters. The van der Waals surface area contributed by atoms with Crippen molar-refractivity contribution in [2.75, 3.05) is 6.61 Å². The highest BCUT2D eigenvalue weighted by Crippen LogP contribution is 2.27. The fourth-order valence-electron chi connectivity index (χ4n) is 2.11. The summed E-state index contributed by atoms with van der Waals surface area (Å²) in [4.78, 5) is 0. The number of hydrogen-bond acceptors (Lipinski definition) is 1. The van der Waals surface area contributed by atoms with E-state index >= 15 is 0 Å². The van der Waals surface area contributed by atoms with Crippen LogP contribution >= 0.6 is 0 Å². The Hall–Kier alpha value is -1.60. The van der Waals surface area contributed by atoms with Crippen LogP contribution in [-0.4, -0.2) is 6.61 Å². The molecular formula is C17H20O. The highest BCUT2D eigenvalue weighted by Gasteiger charge is 2.06. The Morgan fingerprint density at radius 3 is 2.28 bits per heavy atom. The first kappa shape index (κ1) is 12.8. The van der Waals surface area contributed by atoms with Crippen LogP contribution in [0.4, 0.5) is 0 Å². The number of aryl methyl sites for hydroxylation is 1. The van der Waals surface area contributed by atoms with Gasteiger partial charge in [-0.25, -0.2) is 0 Å². The number of hydrogen-bond donors (Lipinski definition) is 0. The number of rotatable bonds is 5. The minimum atomic E-state index is 0.693. The van der Waals surface area contributed by atoms with Gasteiger partial charge in [-0.2, -0.15) is 0 Å². The molecule has 0 aliphatic rings. The van der Waals surface area contributed by atoms with Gasteiger partial charge in [0.1, 0.15) is 0 Å². The molecule has 18 heavy (non-hydrogen) atoms. The topological polar surface area (TPSA) is 9.23 Å². The lowest BCUT2D eigenvalue weighted by atomic mass is 9.96. The Morgan fingerprint density at radius 1 is 0.889 bits per heavy atom. The normalized spacial score (nSPS) is 10.6. The second kappa shape index (κ2) is 6.36. The Kier molecular flexibility index (Phi) is 4.54.